The highest BCUT2D eigenvalue weighted by molar-refractivity contribution is 6.39. The van der Waals surface area contributed by atoms with E-state index in [1.165, 1.54) is 4.90 Å². The monoisotopic (exact) mass is 306 g/mol. The molecule has 0 bridgehead atoms. The fourth-order valence-corrected chi connectivity index (χ4v) is 2.41. The quantitative estimate of drug-likeness (QED) is 0.643. The van der Waals surface area contributed by atoms with Gasteiger partial charge in [-0.1, -0.05) is 12.1 Å². The smallest absolute Gasteiger partial charge is 0.313 e. The number of nitrogens with one attached hydrogen (secondary N) is 3. The molecule has 0 saturated carbocycles. The van der Waals surface area contributed by atoms with E-state index in [2.05, 4.69) is 10.6 Å². The molecule has 2 rings (SSSR count). The summed E-state index contributed by atoms with van der Waals surface area (Å²) < 4.78 is 5.28. The molecule has 6 heteroatoms. The normalized spacial score (nSPS) is 15.4. The van der Waals surface area contributed by atoms with Gasteiger partial charge in [-0.2, -0.15) is 0 Å². The van der Waals surface area contributed by atoms with Gasteiger partial charge in [0.2, 0.25) is 0 Å². The molecule has 1 saturated heterocycles. The van der Waals surface area contributed by atoms with E-state index >= 15 is 0 Å². The van der Waals surface area contributed by atoms with Crippen LogP contribution in [0.4, 0.5) is 5.69 Å². The lowest BCUT2D eigenvalue weighted by atomic mass is 10.1. The molecule has 1 aliphatic rings. The Hall–Kier alpha value is -1.92. The number of amides is 2. The zero-order valence-corrected chi connectivity index (χ0v) is 13.2. The maximum absolute atomic E-state index is 11.9. The van der Waals surface area contributed by atoms with Crippen LogP contribution in [-0.4, -0.2) is 51.2 Å². The highest BCUT2D eigenvalue weighted by Crippen LogP contribution is 2.17. The number of rotatable bonds is 4. The summed E-state index contributed by atoms with van der Waals surface area (Å²) in [5.41, 5.74) is 2.73. The second-order valence-electron chi connectivity index (χ2n) is 5.57. The lowest BCUT2D eigenvalue weighted by Crippen LogP contribution is -3.14. The minimum Gasteiger partial charge on any atom is -0.370 e. The first-order valence-electron chi connectivity index (χ1n) is 7.64. The molecule has 120 valence electrons. The first kappa shape index (κ1) is 16.5. The third-order valence-electron chi connectivity index (χ3n) is 4.02. The largest absolute Gasteiger partial charge is 0.370 e. The number of aryl methyl sites for hydroxylation is 1. The van der Waals surface area contributed by atoms with Crippen LogP contribution in [0.3, 0.4) is 0 Å². The molecule has 1 aliphatic heterocycles. The summed E-state index contributed by atoms with van der Waals surface area (Å²) in [6.45, 7) is 8.61. The zero-order chi connectivity index (χ0) is 15.9. The van der Waals surface area contributed by atoms with Crippen LogP contribution in [0.15, 0.2) is 18.2 Å². The lowest BCUT2D eigenvalue weighted by Gasteiger charge is -2.23. The van der Waals surface area contributed by atoms with Gasteiger partial charge in [-0.05, 0) is 31.0 Å². The standard InChI is InChI=1S/C16H23N3O3/c1-12-4-3-5-14(13(12)2)18-16(21)15(20)17-6-7-19-8-10-22-11-9-19/h3-5H,6-11H2,1-2H3,(H,17,20)(H,18,21)/p+1. The number of hydrogen-bond acceptors (Lipinski definition) is 3. The van der Waals surface area contributed by atoms with Crippen molar-refractivity contribution in [3.63, 3.8) is 0 Å². The number of quaternary nitrogens is 1. The Morgan fingerprint density at radius 1 is 1.18 bits per heavy atom. The van der Waals surface area contributed by atoms with Crippen molar-refractivity contribution in [1.82, 2.24) is 5.32 Å². The first-order chi connectivity index (χ1) is 10.6. The molecule has 0 spiro atoms. The van der Waals surface area contributed by atoms with Crippen molar-refractivity contribution in [2.24, 2.45) is 0 Å². The van der Waals surface area contributed by atoms with Crippen LogP contribution in [-0.2, 0) is 14.3 Å². The predicted octanol–water partition coefficient (Wildman–Crippen LogP) is -0.727. The number of morpholine rings is 1. The van der Waals surface area contributed by atoms with Crippen molar-refractivity contribution in [3.8, 4) is 0 Å². The molecular weight excluding hydrogens is 282 g/mol. The summed E-state index contributed by atoms with van der Waals surface area (Å²) in [6.07, 6.45) is 0. The van der Waals surface area contributed by atoms with Gasteiger partial charge in [-0.15, -0.1) is 0 Å². The molecule has 0 radical (unpaired) electrons. The summed E-state index contributed by atoms with van der Waals surface area (Å²) in [5.74, 6) is -1.21. The van der Waals surface area contributed by atoms with E-state index in [1.54, 1.807) is 6.07 Å². The van der Waals surface area contributed by atoms with Gasteiger partial charge in [-0.3, -0.25) is 9.59 Å². The summed E-state index contributed by atoms with van der Waals surface area (Å²) in [4.78, 5) is 25.1. The van der Waals surface area contributed by atoms with E-state index in [0.29, 0.717) is 12.2 Å². The molecule has 0 aromatic heterocycles. The van der Waals surface area contributed by atoms with Gasteiger partial charge in [0.15, 0.2) is 0 Å². The third kappa shape index (κ3) is 4.54. The van der Waals surface area contributed by atoms with Gasteiger partial charge in [0.05, 0.1) is 26.3 Å². The second kappa shape index (κ2) is 7.91. The van der Waals surface area contributed by atoms with Crippen LogP contribution in [0.1, 0.15) is 11.1 Å². The predicted molar refractivity (Wildman–Crippen MR) is 83.9 cm³/mol. The highest BCUT2D eigenvalue weighted by atomic mass is 16.5. The van der Waals surface area contributed by atoms with Crippen molar-refractivity contribution in [2.75, 3.05) is 44.7 Å². The minimum atomic E-state index is -0.620. The molecule has 22 heavy (non-hydrogen) atoms. The van der Waals surface area contributed by atoms with Gasteiger partial charge >= 0.3 is 11.8 Å². The van der Waals surface area contributed by atoms with E-state index < -0.39 is 11.8 Å². The average Bonchev–Trinajstić information content (AvgIpc) is 2.52. The van der Waals surface area contributed by atoms with Gasteiger partial charge < -0.3 is 20.3 Å². The number of anilines is 1. The van der Waals surface area contributed by atoms with Crippen LogP contribution < -0.4 is 15.5 Å². The van der Waals surface area contributed by atoms with Gasteiger partial charge in [0.25, 0.3) is 0 Å². The minimum absolute atomic E-state index is 0.494. The first-order valence-corrected chi connectivity index (χ1v) is 7.64. The van der Waals surface area contributed by atoms with Gasteiger partial charge in [0, 0.05) is 5.69 Å². The van der Waals surface area contributed by atoms with Crippen molar-refractivity contribution in [1.29, 1.82) is 0 Å². The molecule has 3 N–H and O–H groups in total. The van der Waals surface area contributed by atoms with Crippen LogP contribution >= 0.6 is 0 Å². The number of carbonyl (C=O) groups excluding carboxylic acids is 2. The molecule has 1 aromatic carbocycles. The molecule has 1 heterocycles. The summed E-state index contributed by atoms with van der Waals surface area (Å²) in [6, 6.07) is 5.62. The van der Waals surface area contributed by atoms with Crippen LogP contribution in [0.5, 0.6) is 0 Å². The van der Waals surface area contributed by atoms with Crippen molar-refractivity contribution in [2.45, 2.75) is 13.8 Å². The Bertz CT molecular complexity index is 539. The summed E-state index contributed by atoms with van der Waals surface area (Å²) >= 11 is 0. The molecule has 0 atom stereocenters. The van der Waals surface area contributed by atoms with Gasteiger partial charge in [0.1, 0.15) is 13.1 Å². The Kier molecular flexibility index (Phi) is 5.91. The molecule has 2 amide bonds. The molecule has 1 aromatic rings. The van der Waals surface area contributed by atoms with E-state index in [0.717, 1.165) is 44.0 Å². The van der Waals surface area contributed by atoms with E-state index in [9.17, 15) is 9.59 Å². The van der Waals surface area contributed by atoms with Crippen LogP contribution in [0.25, 0.3) is 0 Å². The maximum Gasteiger partial charge on any atom is 0.313 e. The van der Waals surface area contributed by atoms with E-state index in [4.69, 9.17) is 4.74 Å². The van der Waals surface area contributed by atoms with Crippen molar-refractivity contribution < 1.29 is 19.2 Å². The van der Waals surface area contributed by atoms with Crippen LogP contribution in [0.2, 0.25) is 0 Å². The lowest BCUT2D eigenvalue weighted by molar-refractivity contribution is -0.906. The number of carbonyl (C=O) groups is 2. The Morgan fingerprint density at radius 2 is 1.91 bits per heavy atom. The average molecular weight is 306 g/mol. The summed E-state index contributed by atoms with van der Waals surface area (Å²) in [5, 5.41) is 5.33. The number of ether oxygens (including phenoxy) is 1. The highest BCUT2D eigenvalue weighted by Gasteiger charge is 2.17. The van der Waals surface area contributed by atoms with Crippen LogP contribution in [0, 0.1) is 13.8 Å². The Morgan fingerprint density at radius 3 is 2.64 bits per heavy atom. The number of benzene rings is 1. The number of hydrogen-bond donors (Lipinski definition) is 3. The molecule has 1 fully saturated rings. The fraction of sp³-hybridized carbons (Fsp3) is 0.500. The third-order valence-corrected chi connectivity index (χ3v) is 4.02. The molecule has 0 unspecified atom stereocenters. The summed E-state index contributed by atoms with van der Waals surface area (Å²) in [7, 11) is 0. The fourth-order valence-electron chi connectivity index (χ4n) is 2.41. The Balaban J connectivity index is 1.77. The molecular formula is C16H24N3O3+. The SMILES string of the molecule is Cc1cccc(NC(=O)C(=O)NCC[NH+]2CCOCC2)c1C. The van der Waals surface area contributed by atoms with Gasteiger partial charge in [-0.25, -0.2) is 0 Å². The molecule has 0 aliphatic carbocycles. The topological polar surface area (TPSA) is 71.9 Å². The zero-order valence-electron chi connectivity index (χ0n) is 13.2. The van der Waals surface area contributed by atoms with E-state index in [1.807, 2.05) is 26.0 Å². The second-order valence-corrected chi connectivity index (χ2v) is 5.57. The molecule has 6 nitrogen and oxygen atoms in total. The Labute approximate surface area is 130 Å². The van der Waals surface area contributed by atoms with Crippen molar-refractivity contribution >= 4 is 17.5 Å². The van der Waals surface area contributed by atoms with Crippen molar-refractivity contribution in [3.05, 3.63) is 29.3 Å². The maximum atomic E-state index is 11.9. The van der Waals surface area contributed by atoms with E-state index in [-0.39, 0.29) is 0 Å².